The topological polar surface area (TPSA) is 66.5 Å². The number of rotatable bonds is 4. The molecule has 0 radical (unpaired) electrons. The summed E-state index contributed by atoms with van der Waals surface area (Å²) in [6, 6.07) is 17.6. The number of H-pyrrole nitrogens is 1. The van der Waals surface area contributed by atoms with Crippen LogP contribution in [-0.2, 0) is 6.54 Å². The highest BCUT2D eigenvalue weighted by atomic mass is 35.5. The third kappa shape index (κ3) is 2.94. The van der Waals surface area contributed by atoms with Gasteiger partial charge in [-0.25, -0.2) is 9.97 Å². The predicted octanol–water partition coefficient (Wildman–Crippen LogP) is 4.29. The Kier molecular flexibility index (Phi) is 3.84. The van der Waals surface area contributed by atoms with Crippen LogP contribution < -0.4 is 5.32 Å². The molecule has 4 aromatic rings. The molecule has 24 heavy (non-hydrogen) atoms. The zero-order chi connectivity index (χ0) is 16.4. The number of aromatic amines is 1. The quantitative estimate of drug-likeness (QED) is 0.584. The molecule has 2 aromatic carbocycles. The SMILES string of the molecule is Clc1ccc(CNc2n[nH]c3nc(-c4ccccc4)ncc23)cc1. The minimum absolute atomic E-state index is 0.650. The lowest BCUT2D eigenvalue weighted by Gasteiger charge is -2.04. The highest BCUT2D eigenvalue weighted by Gasteiger charge is 2.09. The zero-order valence-electron chi connectivity index (χ0n) is 12.7. The van der Waals surface area contributed by atoms with E-state index in [-0.39, 0.29) is 0 Å². The molecule has 0 fully saturated rings. The number of fused-ring (bicyclic) bond motifs is 1. The fourth-order valence-corrected chi connectivity index (χ4v) is 2.58. The first-order chi connectivity index (χ1) is 11.8. The van der Waals surface area contributed by atoms with E-state index >= 15 is 0 Å². The summed E-state index contributed by atoms with van der Waals surface area (Å²) >= 11 is 5.90. The third-order valence-electron chi connectivity index (χ3n) is 3.72. The number of hydrogen-bond acceptors (Lipinski definition) is 4. The molecule has 0 aliphatic heterocycles. The molecule has 0 unspecified atom stereocenters. The zero-order valence-corrected chi connectivity index (χ0v) is 13.5. The maximum atomic E-state index is 5.90. The minimum Gasteiger partial charge on any atom is -0.364 e. The van der Waals surface area contributed by atoms with Gasteiger partial charge in [-0.15, -0.1) is 0 Å². The summed E-state index contributed by atoms with van der Waals surface area (Å²) in [7, 11) is 0. The fourth-order valence-electron chi connectivity index (χ4n) is 2.46. The van der Waals surface area contributed by atoms with E-state index in [9.17, 15) is 0 Å². The van der Waals surface area contributed by atoms with E-state index in [0.717, 1.165) is 27.4 Å². The van der Waals surface area contributed by atoms with Crippen molar-refractivity contribution < 1.29 is 0 Å². The maximum absolute atomic E-state index is 5.90. The second-order valence-corrected chi connectivity index (χ2v) is 5.81. The van der Waals surface area contributed by atoms with Crippen molar-refractivity contribution in [1.82, 2.24) is 20.2 Å². The molecule has 6 heteroatoms. The highest BCUT2D eigenvalue weighted by molar-refractivity contribution is 6.30. The third-order valence-corrected chi connectivity index (χ3v) is 3.97. The average Bonchev–Trinajstić information content (AvgIpc) is 3.04. The predicted molar refractivity (Wildman–Crippen MR) is 95.9 cm³/mol. The van der Waals surface area contributed by atoms with Crippen molar-refractivity contribution in [3.63, 3.8) is 0 Å². The molecule has 0 spiro atoms. The molecular formula is C18H14ClN5. The Bertz CT molecular complexity index is 964. The van der Waals surface area contributed by atoms with E-state index in [1.54, 1.807) is 6.20 Å². The largest absolute Gasteiger partial charge is 0.364 e. The smallest absolute Gasteiger partial charge is 0.161 e. The lowest BCUT2D eigenvalue weighted by Crippen LogP contribution is -2.00. The lowest BCUT2D eigenvalue weighted by atomic mass is 10.2. The van der Waals surface area contributed by atoms with Crippen LogP contribution in [0.4, 0.5) is 5.82 Å². The van der Waals surface area contributed by atoms with E-state index < -0.39 is 0 Å². The van der Waals surface area contributed by atoms with Gasteiger partial charge in [0.2, 0.25) is 0 Å². The summed E-state index contributed by atoms with van der Waals surface area (Å²) < 4.78 is 0. The molecule has 0 aliphatic carbocycles. The molecule has 118 valence electrons. The molecule has 0 saturated heterocycles. The molecule has 4 rings (SSSR count). The number of nitrogens with one attached hydrogen (secondary N) is 2. The molecule has 0 saturated carbocycles. The summed E-state index contributed by atoms with van der Waals surface area (Å²) in [6.07, 6.45) is 1.79. The molecule has 0 bridgehead atoms. The van der Waals surface area contributed by atoms with Crippen LogP contribution in [0.15, 0.2) is 60.8 Å². The van der Waals surface area contributed by atoms with Crippen LogP contribution in [0.2, 0.25) is 5.02 Å². The molecule has 2 heterocycles. The van der Waals surface area contributed by atoms with Crippen LogP contribution in [0.3, 0.4) is 0 Å². The van der Waals surface area contributed by atoms with Crippen LogP contribution in [0.1, 0.15) is 5.56 Å². The first-order valence-corrected chi connectivity index (χ1v) is 7.92. The number of halogens is 1. The van der Waals surface area contributed by atoms with E-state index in [1.165, 1.54) is 0 Å². The van der Waals surface area contributed by atoms with Crippen molar-refractivity contribution in [1.29, 1.82) is 0 Å². The summed E-state index contributed by atoms with van der Waals surface area (Å²) in [5.41, 5.74) is 2.81. The Morgan fingerprint density at radius 3 is 2.58 bits per heavy atom. The van der Waals surface area contributed by atoms with Gasteiger partial charge in [0.1, 0.15) is 0 Å². The van der Waals surface area contributed by atoms with Crippen LogP contribution in [0.5, 0.6) is 0 Å². The summed E-state index contributed by atoms with van der Waals surface area (Å²) in [5, 5.41) is 12.1. The Labute approximate surface area is 143 Å². The van der Waals surface area contributed by atoms with E-state index in [2.05, 4.69) is 25.5 Å². The van der Waals surface area contributed by atoms with Crippen LogP contribution in [-0.4, -0.2) is 20.2 Å². The van der Waals surface area contributed by atoms with Crippen LogP contribution >= 0.6 is 11.6 Å². The summed E-state index contributed by atoms with van der Waals surface area (Å²) in [5.74, 6) is 1.41. The van der Waals surface area contributed by atoms with Crippen molar-refractivity contribution in [2.24, 2.45) is 0 Å². The molecule has 2 N–H and O–H groups in total. The van der Waals surface area contributed by atoms with Crippen molar-refractivity contribution in [2.45, 2.75) is 6.54 Å². The number of benzene rings is 2. The first-order valence-electron chi connectivity index (χ1n) is 7.54. The molecule has 0 atom stereocenters. The van der Waals surface area contributed by atoms with Crippen molar-refractivity contribution in [3.8, 4) is 11.4 Å². The number of aromatic nitrogens is 4. The van der Waals surface area contributed by atoms with Gasteiger partial charge in [-0.05, 0) is 17.7 Å². The maximum Gasteiger partial charge on any atom is 0.161 e. The molecule has 0 aliphatic rings. The first kappa shape index (κ1) is 14.7. The van der Waals surface area contributed by atoms with Gasteiger partial charge in [0.15, 0.2) is 17.3 Å². The number of nitrogens with zero attached hydrogens (tertiary/aromatic N) is 3. The van der Waals surface area contributed by atoms with Gasteiger partial charge >= 0.3 is 0 Å². The normalized spacial score (nSPS) is 10.9. The Morgan fingerprint density at radius 2 is 1.79 bits per heavy atom. The minimum atomic E-state index is 0.650. The van der Waals surface area contributed by atoms with Crippen molar-refractivity contribution in [3.05, 3.63) is 71.4 Å². The van der Waals surface area contributed by atoms with Gasteiger partial charge in [0.25, 0.3) is 0 Å². The Balaban J connectivity index is 1.58. The molecule has 2 aromatic heterocycles. The van der Waals surface area contributed by atoms with Crippen molar-refractivity contribution in [2.75, 3.05) is 5.32 Å². The molecule has 0 amide bonds. The lowest BCUT2D eigenvalue weighted by molar-refractivity contribution is 1.05. The fraction of sp³-hybridized carbons (Fsp3) is 0.0556. The van der Waals surface area contributed by atoms with Gasteiger partial charge in [-0.2, -0.15) is 5.10 Å². The highest BCUT2D eigenvalue weighted by Crippen LogP contribution is 2.22. The van der Waals surface area contributed by atoms with E-state index in [0.29, 0.717) is 18.0 Å². The Hall–Kier alpha value is -2.92. The Morgan fingerprint density at radius 1 is 1.00 bits per heavy atom. The summed E-state index contributed by atoms with van der Waals surface area (Å²) in [4.78, 5) is 8.99. The summed E-state index contributed by atoms with van der Waals surface area (Å²) in [6.45, 7) is 0.650. The molecule has 5 nitrogen and oxygen atoms in total. The van der Waals surface area contributed by atoms with E-state index in [4.69, 9.17) is 11.6 Å². The van der Waals surface area contributed by atoms with Gasteiger partial charge in [-0.3, -0.25) is 5.10 Å². The number of hydrogen-bond donors (Lipinski definition) is 2. The standard InChI is InChI=1S/C18H14ClN5/c19-14-8-6-12(7-9-14)10-20-17-15-11-21-16(22-18(15)24-23-17)13-4-2-1-3-5-13/h1-9,11H,10H2,(H2,20,21,22,23,24). The van der Waals surface area contributed by atoms with Gasteiger partial charge in [0, 0.05) is 23.3 Å². The second kappa shape index (κ2) is 6.29. The monoisotopic (exact) mass is 335 g/mol. The van der Waals surface area contributed by atoms with Crippen LogP contribution in [0, 0.1) is 0 Å². The second-order valence-electron chi connectivity index (χ2n) is 5.37. The number of anilines is 1. The average molecular weight is 336 g/mol. The van der Waals surface area contributed by atoms with Gasteiger partial charge in [0.05, 0.1) is 5.39 Å². The van der Waals surface area contributed by atoms with E-state index in [1.807, 2.05) is 54.6 Å². The van der Waals surface area contributed by atoms with Gasteiger partial charge < -0.3 is 5.32 Å². The van der Waals surface area contributed by atoms with Crippen LogP contribution in [0.25, 0.3) is 22.4 Å². The van der Waals surface area contributed by atoms with Crippen molar-refractivity contribution >= 4 is 28.5 Å². The molecular weight excluding hydrogens is 322 g/mol. The van der Waals surface area contributed by atoms with Gasteiger partial charge in [-0.1, -0.05) is 54.1 Å².